The highest BCUT2D eigenvalue weighted by atomic mass is 127. The first-order valence-corrected chi connectivity index (χ1v) is 8.16. The Kier molecular flexibility index (Phi) is 7.04. The van der Waals surface area contributed by atoms with Gasteiger partial charge in [0.1, 0.15) is 5.75 Å². The summed E-state index contributed by atoms with van der Waals surface area (Å²) < 4.78 is 43.6. The van der Waals surface area contributed by atoms with Gasteiger partial charge in [0.2, 0.25) is 0 Å². The van der Waals surface area contributed by atoms with Gasteiger partial charge < -0.3 is 14.2 Å². The van der Waals surface area contributed by atoms with Crippen molar-refractivity contribution in [3.8, 4) is 11.5 Å². The molecule has 6 heteroatoms. The SMILES string of the molecule is COc1ccccc1COCCCOc1c(F)cc(I)cc1F. The van der Waals surface area contributed by atoms with Gasteiger partial charge in [-0.1, -0.05) is 18.2 Å². The third-order valence-corrected chi connectivity index (χ3v) is 3.72. The van der Waals surface area contributed by atoms with E-state index in [0.717, 1.165) is 11.3 Å². The van der Waals surface area contributed by atoms with Gasteiger partial charge in [0, 0.05) is 15.6 Å². The number of para-hydroxylation sites is 1. The van der Waals surface area contributed by atoms with Crippen molar-refractivity contribution in [2.45, 2.75) is 13.0 Å². The molecule has 0 aliphatic carbocycles. The number of hydrogen-bond acceptors (Lipinski definition) is 3. The van der Waals surface area contributed by atoms with Gasteiger partial charge in [-0.15, -0.1) is 0 Å². The highest BCUT2D eigenvalue weighted by Crippen LogP contribution is 2.24. The molecule has 2 rings (SSSR count). The van der Waals surface area contributed by atoms with Crippen LogP contribution in [0.15, 0.2) is 36.4 Å². The summed E-state index contributed by atoms with van der Waals surface area (Å²) in [5.74, 6) is -0.949. The minimum Gasteiger partial charge on any atom is -0.496 e. The third kappa shape index (κ3) is 5.31. The fourth-order valence-corrected chi connectivity index (χ4v) is 2.55. The number of methoxy groups -OCH3 is 1. The maximum absolute atomic E-state index is 13.6. The second kappa shape index (κ2) is 9.02. The monoisotopic (exact) mass is 434 g/mol. The second-order valence-electron chi connectivity index (χ2n) is 4.77. The summed E-state index contributed by atoms with van der Waals surface area (Å²) in [6.45, 7) is 1.02. The van der Waals surface area contributed by atoms with Gasteiger partial charge in [-0.3, -0.25) is 0 Å². The van der Waals surface area contributed by atoms with E-state index in [1.807, 2.05) is 46.9 Å². The lowest BCUT2D eigenvalue weighted by atomic mass is 10.2. The minimum atomic E-state index is -0.690. The van der Waals surface area contributed by atoms with Gasteiger partial charge in [-0.2, -0.15) is 0 Å². The minimum absolute atomic E-state index is 0.181. The number of hydrogen-bond donors (Lipinski definition) is 0. The van der Waals surface area contributed by atoms with E-state index in [1.54, 1.807) is 7.11 Å². The maximum Gasteiger partial charge on any atom is 0.190 e. The van der Waals surface area contributed by atoms with Crippen LogP contribution < -0.4 is 9.47 Å². The zero-order valence-electron chi connectivity index (χ0n) is 12.7. The highest BCUT2D eigenvalue weighted by Gasteiger charge is 2.11. The van der Waals surface area contributed by atoms with Crippen molar-refractivity contribution >= 4 is 22.6 Å². The predicted molar refractivity (Wildman–Crippen MR) is 91.8 cm³/mol. The van der Waals surface area contributed by atoms with Crippen molar-refractivity contribution in [2.24, 2.45) is 0 Å². The molecule has 0 saturated carbocycles. The molecule has 2 aromatic carbocycles. The van der Waals surface area contributed by atoms with E-state index in [9.17, 15) is 8.78 Å². The van der Waals surface area contributed by atoms with E-state index < -0.39 is 11.6 Å². The van der Waals surface area contributed by atoms with E-state index in [0.29, 0.717) is 23.2 Å². The lowest BCUT2D eigenvalue weighted by Crippen LogP contribution is -2.06. The fraction of sp³-hybridized carbons (Fsp3) is 0.294. The quantitative estimate of drug-likeness (QED) is 0.451. The first-order chi connectivity index (χ1) is 11.1. The van der Waals surface area contributed by atoms with Crippen LogP contribution in [-0.2, 0) is 11.3 Å². The standard InChI is InChI=1S/C17H17F2IO3/c1-21-16-6-3-2-5-12(16)11-22-7-4-8-23-17-14(18)9-13(20)10-15(17)19/h2-3,5-6,9-10H,4,7-8,11H2,1H3. The van der Waals surface area contributed by atoms with Gasteiger partial charge >= 0.3 is 0 Å². The third-order valence-electron chi connectivity index (χ3n) is 3.09. The molecule has 0 heterocycles. The molecule has 0 aliphatic heterocycles. The molecule has 0 N–H and O–H groups in total. The van der Waals surface area contributed by atoms with Gasteiger partial charge in [-0.05, 0) is 40.8 Å². The molecule has 0 atom stereocenters. The summed E-state index contributed by atoms with van der Waals surface area (Å²) in [7, 11) is 1.61. The van der Waals surface area contributed by atoms with Crippen LogP contribution in [0.1, 0.15) is 12.0 Å². The van der Waals surface area contributed by atoms with Crippen molar-refractivity contribution in [2.75, 3.05) is 20.3 Å². The highest BCUT2D eigenvalue weighted by molar-refractivity contribution is 14.1. The summed E-state index contributed by atoms with van der Waals surface area (Å²) >= 11 is 1.85. The zero-order valence-corrected chi connectivity index (χ0v) is 14.8. The van der Waals surface area contributed by atoms with Crippen LogP contribution in [0.2, 0.25) is 0 Å². The Balaban J connectivity index is 1.72. The molecule has 0 spiro atoms. The van der Waals surface area contributed by atoms with E-state index in [2.05, 4.69) is 0 Å². The predicted octanol–water partition coefficient (Wildman–Crippen LogP) is 4.56. The van der Waals surface area contributed by atoms with Crippen molar-refractivity contribution in [1.29, 1.82) is 0 Å². The number of rotatable bonds is 8. The number of benzene rings is 2. The Bertz CT molecular complexity index is 626. The molecule has 0 saturated heterocycles. The van der Waals surface area contributed by atoms with E-state index in [1.165, 1.54) is 12.1 Å². The molecule has 0 fully saturated rings. The number of halogens is 3. The van der Waals surface area contributed by atoms with E-state index in [4.69, 9.17) is 14.2 Å². The van der Waals surface area contributed by atoms with Crippen LogP contribution in [0.25, 0.3) is 0 Å². The van der Waals surface area contributed by atoms with Crippen LogP contribution in [0.4, 0.5) is 8.78 Å². The molecule has 2 aromatic rings. The Hall–Kier alpha value is -1.41. The average Bonchev–Trinajstić information content (AvgIpc) is 2.53. The molecule has 3 nitrogen and oxygen atoms in total. The lowest BCUT2D eigenvalue weighted by molar-refractivity contribution is 0.104. The zero-order chi connectivity index (χ0) is 16.7. The molecule has 0 radical (unpaired) electrons. The normalized spacial score (nSPS) is 10.6. The summed E-state index contributed by atoms with van der Waals surface area (Å²) in [5.41, 5.74) is 0.950. The first-order valence-electron chi connectivity index (χ1n) is 7.09. The Morgan fingerprint density at radius 1 is 1.04 bits per heavy atom. The van der Waals surface area contributed by atoms with Crippen LogP contribution in [0, 0.1) is 15.2 Å². The summed E-state index contributed by atoms with van der Waals surface area (Å²) in [5, 5.41) is 0. The maximum atomic E-state index is 13.6. The van der Waals surface area contributed by atoms with Gasteiger partial charge in [-0.25, -0.2) is 8.78 Å². The molecule has 23 heavy (non-hydrogen) atoms. The van der Waals surface area contributed by atoms with Crippen molar-refractivity contribution < 1.29 is 23.0 Å². The molecular formula is C17H17F2IO3. The Morgan fingerprint density at radius 3 is 2.43 bits per heavy atom. The number of ether oxygens (including phenoxy) is 3. The topological polar surface area (TPSA) is 27.7 Å². The second-order valence-corrected chi connectivity index (χ2v) is 6.01. The molecule has 124 valence electrons. The van der Waals surface area contributed by atoms with E-state index in [-0.39, 0.29) is 12.4 Å². The van der Waals surface area contributed by atoms with Gasteiger partial charge in [0.05, 0.1) is 26.9 Å². The molecule has 0 unspecified atom stereocenters. The van der Waals surface area contributed by atoms with Gasteiger partial charge in [0.25, 0.3) is 0 Å². The lowest BCUT2D eigenvalue weighted by Gasteiger charge is -2.10. The Labute approximate surface area is 147 Å². The van der Waals surface area contributed by atoms with Crippen molar-refractivity contribution in [3.63, 3.8) is 0 Å². The van der Waals surface area contributed by atoms with Crippen molar-refractivity contribution in [1.82, 2.24) is 0 Å². The van der Waals surface area contributed by atoms with E-state index >= 15 is 0 Å². The summed E-state index contributed by atoms with van der Waals surface area (Å²) in [4.78, 5) is 0. The van der Waals surface area contributed by atoms with Crippen LogP contribution in [0.5, 0.6) is 11.5 Å². The molecule has 0 amide bonds. The smallest absolute Gasteiger partial charge is 0.190 e. The first kappa shape index (κ1) is 17.9. The summed E-state index contributed by atoms with van der Waals surface area (Å²) in [6.07, 6.45) is 0.528. The fourth-order valence-electron chi connectivity index (χ4n) is 2.01. The average molecular weight is 434 g/mol. The molecule has 0 bridgehead atoms. The van der Waals surface area contributed by atoms with Crippen molar-refractivity contribution in [3.05, 3.63) is 57.2 Å². The molecule has 0 aromatic heterocycles. The summed E-state index contributed by atoms with van der Waals surface area (Å²) in [6, 6.07) is 10.1. The molecule has 0 aliphatic rings. The molecular weight excluding hydrogens is 417 g/mol. The van der Waals surface area contributed by atoms with Crippen LogP contribution in [0.3, 0.4) is 0 Å². The van der Waals surface area contributed by atoms with Crippen LogP contribution >= 0.6 is 22.6 Å². The van der Waals surface area contributed by atoms with Crippen LogP contribution in [-0.4, -0.2) is 20.3 Å². The van der Waals surface area contributed by atoms with Gasteiger partial charge in [0.15, 0.2) is 17.4 Å². The Morgan fingerprint density at radius 2 is 1.74 bits per heavy atom. The largest absolute Gasteiger partial charge is 0.496 e.